The number of nitrogen functional groups attached to an aromatic ring is 1. The Labute approximate surface area is 92.7 Å². The van der Waals surface area contributed by atoms with Crippen LogP contribution in [0.3, 0.4) is 0 Å². The molecule has 0 spiro atoms. The lowest BCUT2D eigenvalue weighted by atomic mass is 10.3. The van der Waals surface area contributed by atoms with Crippen molar-refractivity contribution in [2.24, 2.45) is 0 Å². The van der Waals surface area contributed by atoms with Gasteiger partial charge in [0.1, 0.15) is 5.69 Å². The van der Waals surface area contributed by atoms with Crippen LogP contribution in [0.4, 0.5) is 5.69 Å². The Morgan fingerprint density at radius 3 is 2.75 bits per heavy atom. The van der Waals surface area contributed by atoms with Gasteiger partial charge in [-0.2, -0.15) is 5.10 Å². The van der Waals surface area contributed by atoms with Gasteiger partial charge >= 0.3 is 0 Å². The fourth-order valence-electron chi connectivity index (χ4n) is 0.978. The molecule has 16 heavy (non-hydrogen) atoms. The van der Waals surface area contributed by atoms with Crippen LogP contribution in [0.15, 0.2) is 6.20 Å². The molecule has 0 saturated carbocycles. The summed E-state index contributed by atoms with van der Waals surface area (Å²) in [6.45, 7) is 0.295. The first-order chi connectivity index (χ1) is 7.40. The standard InChI is InChI=1S/C7H13N5O3S/c1-16(14,15)11-3-2-9-7(13)6-5(8)4-10-12-6/h4,11H,2-3,8H2,1H3,(H,9,13)(H,10,12). The minimum absolute atomic E-state index is 0.124. The zero-order chi connectivity index (χ0) is 12.2. The normalized spacial score (nSPS) is 11.3. The van der Waals surface area contributed by atoms with E-state index in [1.807, 2.05) is 0 Å². The van der Waals surface area contributed by atoms with Crippen LogP contribution in [0.1, 0.15) is 10.5 Å². The van der Waals surface area contributed by atoms with Crippen molar-refractivity contribution < 1.29 is 13.2 Å². The highest BCUT2D eigenvalue weighted by Crippen LogP contribution is 2.04. The number of anilines is 1. The SMILES string of the molecule is CS(=O)(=O)NCCNC(=O)c1[nH]ncc1N. The fraction of sp³-hybridized carbons (Fsp3) is 0.429. The number of nitrogens with zero attached hydrogens (tertiary/aromatic N) is 1. The monoisotopic (exact) mass is 247 g/mol. The van der Waals surface area contributed by atoms with E-state index in [1.54, 1.807) is 0 Å². The summed E-state index contributed by atoms with van der Waals surface area (Å²) in [5.74, 6) is -0.426. The van der Waals surface area contributed by atoms with Crippen molar-refractivity contribution in [1.82, 2.24) is 20.2 Å². The van der Waals surface area contributed by atoms with Gasteiger partial charge in [-0.1, -0.05) is 0 Å². The van der Waals surface area contributed by atoms with Crippen molar-refractivity contribution in [3.63, 3.8) is 0 Å². The van der Waals surface area contributed by atoms with Gasteiger partial charge in [-0.3, -0.25) is 9.89 Å². The number of nitrogens with one attached hydrogen (secondary N) is 3. The summed E-state index contributed by atoms with van der Waals surface area (Å²) in [5.41, 5.74) is 5.86. The van der Waals surface area contributed by atoms with E-state index in [4.69, 9.17) is 5.73 Å². The van der Waals surface area contributed by atoms with E-state index >= 15 is 0 Å². The van der Waals surface area contributed by atoms with Crippen molar-refractivity contribution >= 4 is 21.6 Å². The summed E-state index contributed by atoms with van der Waals surface area (Å²) in [6, 6.07) is 0. The van der Waals surface area contributed by atoms with E-state index in [-0.39, 0.29) is 24.5 Å². The van der Waals surface area contributed by atoms with E-state index in [2.05, 4.69) is 20.2 Å². The third-order valence-electron chi connectivity index (χ3n) is 1.67. The number of aromatic amines is 1. The number of sulfonamides is 1. The lowest BCUT2D eigenvalue weighted by molar-refractivity contribution is 0.0950. The van der Waals surface area contributed by atoms with Crippen molar-refractivity contribution in [3.05, 3.63) is 11.9 Å². The number of carbonyl (C=O) groups is 1. The molecule has 9 heteroatoms. The van der Waals surface area contributed by atoms with Gasteiger partial charge in [0.2, 0.25) is 10.0 Å². The molecule has 5 N–H and O–H groups in total. The van der Waals surface area contributed by atoms with E-state index in [0.717, 1.165) is 6.26 Å². The fourth-order valence-corrected chi connectivity index (χ4v) is 1.45. The second-order valence-corrected chi connectivity index (χ2v) is 4.96. The molecular weight excluding hydrogens is 234 g/mol. The molecule has 0 aromatic carbocycles. The van der Waals surface area contributed by atoms with Crippen LogP contribution in [0.2, 0.25) is 0 Å². The minimum Gasteiger partial charge on any atom is -0.396 e. The molecule has 8 nitrogen and oxygen atoms in total. The number of hydrogen-bond donors (Lipinski definition) is 4. The minimum atomic E-state index is -3.23. The van der Waals surface area contributed by atoms with Gasteiger partial charge in [-0.15, -0.1) is 0 Å². The first kappa shape index (κ1) is 12.5. The quantitative estimate of drug-likeness (QED) is 0.459. The Bertz CT molecular complexity index is 466. The molecule has 0 radical (unpaired) electrons. The molecule has 0 bridgehead atoms. The molecule has 1 aromatic rings. The average molecular weight is 247 g/mol. The average Bonchev–Trinajstić information content (AvgIpc) is 2.57. The Balaban J connectivity index is 2.35. The summed E-state index contributed by atoms with van der Waals surface area (Å²) < 4.78 is 23.6. The third kappa shape index (κ3) is 3.87. The largest absolute Gasteiger partial charge is 0.396 e. The maximum absolute atomic E-state index is 11.4. The Kier molecular flexibility index (Phi) is 3.85. The summed E-state index contributed by atoms with van der Waals surface area (Å²) >= 11 is 0. The molecule has 1 aromatic heterocycles. The maximum Gasteiger partial charge on any atom is 0.271 e. The zero-order valence-electron chi connectivity index (χ0n) is 8.65. The van der Waals surface area contributed by atoms with Crippen molar-refractivity contribution in [1.29, 1.82) is 0 Å². The van der Waals surface area contributed by atoms with Gasteiger partial charge in [0.05, 0.1) is 18.1 Å². The number of aromatic nitrogens is 2. The lowest BCUT2D eigenvalue weighted by Crippen LogP contribution is -2.34. The number of rotatable bonds is 5. The van der Waals surface area contributed by atoms with Crippen LogP contribution in [0.5, 0.6) is 0 Å². The lowest BCUT2D eigenvalue weighted by Gasteiger charge is -2.04. The van der Waals surface area contributed by atoms with E-state index in [9.17, 15) is 13.2 Å². The summed E-state index contributed by atoms with van der Waals surface area (Å²) in [5, 5.41) is 8.51. The predicted molar refractivity (Wildman–Crippen MR) is 58.2 cm³/mol. The third-order valence-corrected chi connectivity index (χ3v) is 2.40. The smallest absolute Gasteiger partial charge is 0.271 e. The van der Waals surface area contributed by atoms with Crippen molar-refractivity contribution in [3.8, 4) is 0 Å². The highest BCUT2D eigenvalue weighted by molar-refractivity contribution is 7.88. The van der Waals surface area contributed by atoms with E-state index in [1.165, 1.54) is 6.20 Å². The van der Waals surface area contributed by atoms with Gasteiger partial charge in [0.25, 0.3) is 5.91 Å². The van der Waals surface area contributed by atoms with Crippen LogP contribution in [0.25, 0.3) is 0 Å². The molecule has 0 atom stereocenters. The number of H-pyrrole nitrogens is 1. The Morgan fingerprint density at radius 1 is 1.56 bits per heavy atom. The van der Waals surface area contributed by atoms with Gasteiger partial charge in [0.15, 0.2) is 0 Å². The summed E-state index contributed by atoms with van der Waals surface area (Å²) in [4.78, 5) is 11.4. The molecule has 90 valence electrons. The van der Waals surface area contributed by atoms with Gasteiger partial charge < -0.3 is 11.1 Å². The van der Waals surface area contributed by atoms with Crippen molar-refractivity contribution in [2.45, 2.75) is 0 Å². The Hall–Kier alpha value is -1.61. The molecule has 0 unspecified atom stereocenters. The molecule has 1 amide bonds. The molecular formula is C7H13N5O3S. The van der Waals surface area contributed by atoms with Crippen LogP contribution in [0, 0.1) is 0 Å². The number of amides is 1. The molecule has 0 aliphatic rings. The second kappa shape index (κ2) is 4.94. The maximum atomic E-state index is 11.4. The first-order valence-corrected chi connectivity index (χ1v) is 6.31. The number of nitrogens with two attached hydrogens (primary N) is 1. The van der Waals surface area contributed by atoms with E-state index < -0.39 is 15.9 Å². The molecule has 0 aliphatic carbocycles. The molecule has 0 saturated heterocycles. The molecule has 1 rings (SSSR count). The van der Waals surface area contributed by atoms with Crippen LogP contribution < -0.4 is 15.8 Å². The molecule has 0 fully saturated rings. The van der Waals surface area contributed by atoms with Crippen LogP contribution >= 0.6 is 0 Å². The number of hydrogen-bond acceptors (Lipinski definition) is 5. The van der Waals surface area contributed by atoms with Gasteiger partial charge in [0, 0.05) is 13.1 Å². The Morgan fingerprint density at radius 2 is 2.25 bits per heavy atom. The van der Waals surface area contributed by atoms with Crippen LogP contribution in [-0.4, -0.2) is 43.9 Å². The predicted octanol–water partition coefficient (Wildman–Crippen LogP) is -1.73. The van der Waals surface area contributed by atoms with Crippen molar-refractivity contribution in [2.75, 3.05) is 25.1 Å². The highest BCUT2D eigenvalue weighted by atomic mass is 32.2. The van der Waals surface area contributed by atoms with Crippen LogP contribution in [-0.2, 0) is 10.0 Å². The molecule has 0 aliphatic heterocycles. The summed E-state index contributed by atoms with van der Waals surface area (Å²) in [7, 11) is -3.23. The summed E-state index contributed by atoms with van der Waals surface area (Å²) in [6.07, 6.45) is 2.37. The van der Waals surface area contributed by atoms with Gasteiger partial charge in [-0.25, -0.2) is 13.1 Å². The second-order valence-electron chi connectivity index (χ2n) is 3.12. The van der Waals surface area contributed by atoms with Gasteiger partial charge in [-0.05, 0) is 0 Å². The zero-order valence-corrected chi connectivity index (χ0v) is 9.47. The first-order valence-electron chi connectivity index (χ1n) is 4.42. The number of carbonyl (C=O) groups excluding carboxylic acids is 1. The topological polar surface area (TPSA) is 130 Å². The van der Waals surface area contributed by atoms with E-state index in [0.29, 0.717) is 0 Å². The molecule has 1 heterocycles. The highest BCUT2D eigenvalue weighted by Gasteiger charge is 2.10.